The fraction of sp³-hybridized carbons (Fsp3) is 0.0476. The summed E-state index contributed by atoms with van der Waals surface area (Å²) in [5.41, 5.74) is 5.43. The minimum Gasteiger partial charge on any atom is -0.248 e. The molecule has 0 aliphatic heterocycles. The number of nitrogens with zero attached hydrogens (tertiary/aromatic N) is 2. The molecule has 24 heavy (non-hydrogen) atoms. The molecule has 0 aliphatic rings. The van der Waals surface area contributed by atoms with Crippen molar-refractivity contribution in [2.75, 3.05) is 0 Å². The van der Waals surface area contributed by atoms with Crippen LogP contribution in [0.1, 0.15) is 22.3 Å². The molecule has 0 unspecified atom stereocenters. The standard InChI is InChI=1S/C21H15BrN2/c22-14-16-11-17(15-23)13-20(12-16)24-21(18-7-3-1-4-8-18)19-9-5-2-6-10-19/h1-13H,14H2. The van der Waals surface area contributed by atoms with Gasteiger partial charge in [-0.25, -0.2) is 4.99 Å². The number of benzene rings is 3. The predicted molar refractivity (Wildman–Crippen MR) is 102 cm³/mol. The number of hydrogen-bond acceptors (Lipinski definition) is 2. The van der Waals surface area contributed by atoms with Crippen LogP contribution in [0.3, 0.4) is 0 Å². The van der Waals surface area contributed by atoms with Gasteiger partial charge < -0.3 is 0 Å². The molecule has 0 amide bonds. The highest BCUT2D eigenvalue weighted by Crippen LogP contribution is 2.22. The average molecular weight is 375 g/mol. The van der Waals surface area contributed by atoms with Crippen molar-refractivity contribution in [3.05, 3.63) is 101 Å². The molecule has 0 bridgehead atoms. The van der Waals surface area contributed by atoms with Crippen LogP contribution in [0.15, 0.2) is 83.9 Å². The van der Waals surface area contributed by atoms with Gasteiger partial charge in [-0.3, -0.25) is 0 Å². The number of nitriles is 1. The van der Waals surface area contributed by atoms with Crippen molar-refractivity contribution < 1.29 is 0 Å². The molecule has 0 aromatic heterocycles. The van der Waals surface area contributed by atoms with Crippen molar-refractivity contribution in [3.63, 3.8) is 0 Å². The Morgan fingerprint density at radius 3 is 1.96 bits per heavy atom. The summed E-state index contributed by atoms with van der Waals surface area (Å²) in [6, 6.07) is 28.1. The third-order valence-corrected chi connectivity index (χ3v) is 4.24. The molecule has 0 fully saturated rings. The molecule has 0 atom stereocenters. The lowest BCUT2D eigenvalue weighted by Crippen LogP contribution is -2.02. The third-order valence-electron chi connectivity index (χ3n) is 3.60. The van der Waals surface area contributed by atoms with Crippen LogP contribution in [0.2, 0.25) is 0 Å². The first kappa shape index (κ1) is 16.2. The normalized spacial score (nSPS) is 10.0. The van der Waals surface area contributed by atoms with Crippen molar-refractivity contribution in [1.29, 1.82) is 5.26 Å². The molecule has 0 aliphatic carbocycles. The van der Waals surface area contributed by atoms with Crippen molar-refractivity contribution in [1.82, 2.24) is 0 Å². The largest absolute Gasteiger partial charge is 0.248 e. The summed E-state index contributed by atoms with van der Waals surface area (Å²) in [5.74, 6) is 0. The first-order chi connectivity index (χ1) is 11.8. The fourth-order valence-corrected chi connectivity index (χ4v) is 2.82. The summed E-state index contributed by atoms with van der Waals surface area (Å²) in [5, 5.41) is 9.93. The molecule has 3 aromatic rings. The van der Waals surface area contributed by atoms with Crippen LogP contribution >= 0.6 is 15.9 Å². The van der Waals surface area contributed by atoms with E-state index in [4.69, 9.17) is 4.99 Å². The number of hydrogen-bond donors (Lipinski definition) is 0. The van der Waals surface area contributed by atoms with Gasteiger partial charge in [0, 0.05) is 16.5 Å². The van der Waals surface area contributed by atoms with Crippen LogP contribution in [0.25, 0.3) is 0 Å². The highest BCUT2D eigenvalue weighted by molar-refractivity contribution is 9.08. The van der Waals surface area contributed by atoms with Crippen LogP contribution in [0.4, 0.5) is 5.69 Å². The van der Waals surface area contributed by atoms with Crippen molar-refractivity contribution >= 4 is 27.3 Å². The highest BCUT2D eigenvalue weighted by Gasteiger charge is 2.08. The Balaban J connectivity index is 2.16. The summed E-state index contributed by atoms with van der Waals surface area (Å²) in [4.78, 5) is 4.86. The first-order valence-corrected chi connectivity index (χ1v) is 8.72. The number of halogens is 1. The van der Waals surface area contributed by atoms with Gasteiger partial charge in [-0.1, -0.05) is 76.6 Å². The Morgan fingerprint density at radius 1 is 0.875 bits per heavy atom. The van der Waals surface area contributed by atoms with Gasteiger partial charge in [0.15, 0.2) is 0 Å². The van der Waals surface area contributed by atoms with Gasteiger partial charge in [-0.05, 0) is 23.8 Å². The zero-order valence-corrected chi connectivity index (χ0v) is 14.6. The Bertz CT molecular complexity index is 853. The summed E-state index contributed by atoms with van der Waals surface area (Å²) in [6.07, 6.45) is 0. The lowest BCUT2D eigenvalue weighted by atomic mass is 10.0. The van der Waals surface area contributed by atoms with Gasteiger partial charge in [0.05, 0.1) is 23.0 Å². The zero-order valence-electron chi connectivity index (χ0n) is 13.0. The molecule has 0 saturated carbocycles. The number of alkyl halides is 1. The van der Waals surface area contributed by atoms with Crippen LogP contribution in [0, 0.1) is 11.3 Å². The molecule has 0 heterocycles. The molecule has 2 nitrogen and oxygen atoms in total. The Hall–Kier alpha value is -2.70. The van der Waals surface area contributed by atoms with E-state index < -0.39 is 0 Å². The van der Waals surface area contributed by atoms with Crippen LogP contribution < -0.4 is 0 Å². The van der Waals surface area contributed by atoms with E-state index in [-0.39, 0.29) is 0 Å². The van der Waals surface area contributed by atoms with E-state index in [1.54, 1.807) is 0 Å². The molecule has 3 heteroatoms. The second-order valence-corrected chi connectivity index (χ2v) is 5.89. The Labute approximate surface area is 150 Å². The maximum atomic E-state index is 9.24. The van der Waals surface area contributed by atoms with Gasteiger partial charge in [0.25, 0.3) is 0 Å². The molecule has 0 saturated heterocycles. The van der Waals surface area contributed by atoms with E-state index in [9.17, 15) is 5.26 Å². The Kier molecular flexibility index (Phi) is 5.20. The van der Waals surface area contributed by atoms with Crippen molar-refractivity contribution in [3.8, 4) is 6.07 Å². The van der Waals surface area contributed by atoms with Crippen LogP contribution in [0.5, 0.6) is 0 Å². The van der Waals surface area contributed by atoms with Gasteiger partial charge in [0.2, 0.25) is 0 Å². The number of aliphatic imine (C=N–C) groups is 1. The smallest absolute Gasteiger partial charge is 0.0992 e. The minimum atomic E-state index is 0.617. The van der Waals surface area contributed by atoms with E-state index in [1.807, 2.05) is 78.9 Å². The van der Waals surface area contributed by atoms with E-state index in [0.717, 1.165) is 28.1 Å². The number of rotatable bonds is 4. The van der Waals surface area contributed by atoms with E-state index in [1.165, 1.54) is 0 Å². The lowest BCUT2D eigenvalue weighted by Gasteiger charge is -2.08. The van der Waals surface area contributed by atoms with Gasteiger partial charge in [-0.2, -0.15) is 5.26 Å². The second kappa shape index (κ2) is 7.72. The molecule has 0 spiro atoms. The minimum absolute atomic E-state index is 0.617. The SMILES string of the molecule is N#Cc1cc(CBr)cc(N=C(c2ccccc2)c2ccccc2)c1. The molecular weight excluding hydrogens is 360 g/mol. The molecule has 3 rings (SSSR count). The van der Waals surface area contributed by atoms with E-state index in [0.29, 0.717) is 10.9 Å². The summed E-state index contributed by atoms with van der Waals surface area (Å²) >= 11 is 3.45. The lowest BCUT2D eigenvalue weighted by molar-refractivity contribution is 1.37. The monoisotopic (exact) mass is 374 g/mol. The second-order valence-electron chi connectivity index (χ2n) is 5.33. The Morgan fingerprint density at radius 2 is 1.46 bits per heavy atom. The highest BCUT2D eigenvalue weighted by atomic mass is 79.9. The quantitative estimate of drug-likeness (QED) is 0.431. The van der Waals surface area contributed by atoms with E-state index in [2.05, 4.69) is 22.0 Å². The average Bonchev–Trinajstić information content (AvgIpc) is 2.67. The van der Waals surface area contributed by atoms with Gasteiger partial charge in [-0.15, -0.1) is 0 Å². The maximum absolute atomic E-state index is 9.24. The third kappa shape index (κ3) is 3.79. The van der Waals surface area contributed by atoms with Crippen LogP contribution in [-0.4, -0.2) is 5.71 Å². The first-order valence-electron chi connectivity index (χ1n) is 7.60. The molecule has 116 valence electrons. The van der Waals surface area contributed by atoms with Crippen molar-refractivity contribution in [2.24, 2.45) is 4.99 Å². The maximum Gasteiger partial charge on any atom is 0.0992 e. The van der Waals surface area contributed by atoms with Crippen molar-refractivity contribution in [2.45, 2.75) is 5.33 Å². The molecule has 0 N–H and O–H groups in total. The molecular formula is C21H15BrN2. The zero-order chi connectivity index (χ0) is 16.8. The summed E-state index contributed by atoms with van der Waals surface area (Å²) in [6.45, 7) is 0. The van der Waals surface area contributed by atoms with Gasteiger partial charge >= 0.3 is 0 Å². The topological polar surface area (TPSA) is 36.1 Å². The van der Waals surface area contributed by atoms with E-state index >= 15 is 0 Å². The van der Waals surface area contributed by atoms with Gasteiger partial charge in [0.1, 0.15) is 0 Å². The summed E-state index contributed by atoms with van der Waals surface area (Å²) in [7, 11) is 0. The fourth-order valence-electron chi connectivity index (χ4n) is 2.50. The molecule has 0 radical (unpaired) electrons. The predicted octanol–water partition coefficient (Wildman–Crippen LogP) is 5.62. The summed E-state index contributed by atoms with van der Waals surface area (Å²) < 4.78 is 0. The molecule has 3 aromatic carbocycles. The van der Waals surface area contributed by atoms with Crippen LogP contribution in [-0.2, 0) is 5.33 Å².